The predicted molar refractivity (Wildman–Crippen MR) is 83.2 cm³/mol. The van der Waals surface area contributed by atoms with Gasteiger partial charge in [-0.05, 0) is 31.2 Å². The molecule has 3 aromatic rings. The fourth-order valence-corrected chi connectivity index (χ4v) is 2.51. The molecule has 108 valence electrons. The molecule has 2 aromatic heterocycles. The maximum Gasteiger partial charge on any atom is 0.231 e. The number of hydrogen-bond donors (Lipinski definition) is 0. The first-order chi connectivity index (χ1) is 10.2. The summed E-state index contributed by atoms with van der Waals surface area (Å²) < 4.78 is 11.2. The largest absolute Gasteiger partial charge is 0.492 e. The highest BCUT2D eigenvalue weighted by atomic mass is 35.5. The lowest BCUT2D eigenvalue weighted by molar-refractivity contribution is 0.343. The molecule has 0 bridgehead atoms. The molecule has 6 heteroatoms. The molecule has 2 heterocycles. The second kappa shape index (κ2) is 5.92. The molecule has 0 amide bonds. The van der Waals surface area contributed by atoms with Crippen LogP contribution in [-0.2, 0) is 0 Å². The Morgan fingerprint density at radius 3 is 2.62 bits per heavy atom. The van der Waals surface area contributed by atoms with Gasteiger partial charge < -0.3 is 9.15 Å². The zero-order valence-electron chi connectivity index (χ0n) is 11.3. The summed E-state index contributed by atoms with van der Waals surface area (Å²) in [5.74, 6) is 1.96. The van der Waals surface area contributed by atoms with Gasteiger partial charge in [0.15, 0.2) is 0 Å². The smallest absolute Gasteiger partial charge is 0.231 e. The minimum absolute atomic E-state index is 0.398. The van der Waals surface area contributed by atoms with Gasteiger partial charge in [-0.1, -0.05) is 11.6 Å². The molecule has 0 spiro atoms. The Hall–Kier alpha value is -1.78. The van der Waals surface area contributed by atoms with Gasteiger partial charge in [-0.15, -0.1) is 11.6 Å². The van der Waals surface area contributed by atoms with Crippen LogP contribution >= 0.6 is 23.2 Å². The van der Waals surface area contributed by atoms with Crippen molar-refractivity contribution in [1.82, 2.24) is 9.97 Å². The third-order valence-corrected chi connectivity index (χ3v) is 3.58. The van der Waals surface area contributed by atoms with Crippen LogP contribution in [0.25, 0.3) is 22.4 Å². The molecule has 0 saturated heterocycles. The molecular formula is C15H12Cl2N2O2. The zero-order chi connectivity index (χ0) is 14.8. The Bertz CT molecular complexity index is 769. The lowest BCUT2D eigenvalue weighted by Gasteiger charge is -2.04. The van der Waals surface area contributed by atoms with Crippen molar-refractivity contribution < 1.29 is 9.15 Å². The van der Waals surface area contributed by atoms with Gasteiger partial charge in [0.2, 0.25) is 5.71 Å². The number of aryl methyl sites for hydroxylation is 1. The SMILES string of the molecule is Cc1c(-c2ccc(OCCCl)cc2)oc2ncnc(Cl)c12. The monoisotopic (exact) mass is 322 g/mol. The molecule has 0 fully saturated rings. The maximum absolute atomic E-state index is 6.10. The standard InChI is InChI=1S/C15H12Cl2N2O2/c1-9-12-14(17)18-8-19-15(12)21-13(9)10-2-4-11(5-3-10)20-7-6-16/h2-5,8H,6-7H2,1H3. The molecule has 21 heavy (non-hydrogen) atoms. The van der Waals surface area contributed by atoms with Crippen molar-refractivity contribution in [2.45, 2.75) is 6.92 Å². The van der Waals surface area contributed by atoms with E-state index in [1.165, 1.54) is 6.33 Å². The number of hydrogen-bond acceptors (Lipinski definition) is 4. The summed E-state index contributed by atoms with van der Waals surface area (Å²) in [7, 11) is 0. The Morgan fingerprint density at radius 2 is 1.95 bits per heavy atom. The van der Waals surface area contributed by atoms with Crippen LogP contribution in [0.4, 0.5) is 0 Å². The van der Waals surface area contributed by atoms with Crippen LogP contribution in [-0.4, -0.2) is 22.5 Å². The first kappa shape index (κ1) is 14.2. The summed E-state index contributed by atoms with van der Waals surface area (Å²) in [6.07, 6.45) is 1.39. The number of furan rings is 1. The summed E-state index contributed by atoms with van der Waals surface area (Å²) in [5, 5.41) is 1.14. The van der Waals surface area contributed by atoms with Crippen molar-refractivity contribution in [3.8, 4) is 17.1 Å². The van der Waals surface area contributed by atoms with Gasteiger partial charge in [-0.25, -0.2) is 9.97 Å². The van der Waals surface area contributed by atoms with Crippen LogP contribution < -0.4 is 4.74 Å². The summed E-state index contributed by atoms with van der Waals surface area (Å²) in [6.45, 7) is 2.42. The van der Waals surface area contributed by atoms with Crippen molar-refractivity contribution in [3.05, 3.63) is 41.3 Å². The molecular weight excluding hydrogens is 311 g/mol. The van der Waals surface area contributed by atoms with Crippen molar-refractivity contribution in [2.24, 2.45) is 0 Å². The molecule has 0 saturated carbocycles. The molecule has 0 aliphatic rings. The highest BCUT2D eigenvalue weighted by molar-refractivity contribution is 6.34. The van der Waals surface area contributed by atoms with Crippen molar-refractivity contribution >= 4 is 34.3 Å². The van der Waals surface area contributed by atoms with Crippen LogP contribution in [0.2, 0.25) is 5.15 Å². The zero-order valence-corrected chi connectivity index (χ0v) is 12.8. The molecule has 0 atom stereocenters. The molecule has 1 aromatic carbocycles. The average Bonchev–Trinajstić information content (AvgIpc) is 2.84. The fraction of sp³-hybridized carbons (Fsp3) is 0.200. The molecule has 0 aliphatic carbocycles. The van der Waals surface area contributed by atoms with Gasteiger partial charge in [-0.2, -0.15) is 0 Å². The number of rotatable bonds is 4. The third kappa shape index (κ3) is 2.69. The molecule has 0 unspecified atom stereocenters. The van der Waals surface area contributed by atoms with Gasteiger partial charge in [0.1, 0.15) is 29.6 Å². The number of aromatic nitrogens is 2. The average molecular weight is 323 g/mol. The number of ether oxygens (including phenoxy) is 1. The lowest BCUT2D eigenvalue weighted by atomic mass is 10.1. The first-order valence-corrected chi connectivity index (χ1v) is 7.30. The fourth-order valence-electron chi connectivity index (χ4n) is 2.16. The highest BCUT2D eigenvalue weighted by Crippen LogP contribution is 2.35. The number of halogens is 2. The van der Waals surface area contributed by atoms with E-state index in [1.54, 1.807) is 0 Å². The Kier molecular flexibility index (Phi) is 3.99. The highest BCUT2D eigenvalue weighted by Gasteiger charge is 2.16. The number of fused-ring (bicyclic) bond motifs is 1. The van der Waals surface area contributed by atoms with Gasteiger partial charge in [0, 0.05) is 11.1 Å². The van der Waals surface area contributed by atoms with Gasteiger partial charge in [-0.3, -0.25) is 0 Å². The maximum atomic E-state index is 6.10. The van der Waals surface area contributed by atoms with E-state index in [9.17, 15) is 0 Å². The summed E-state index contributed by atoms with van der Waals surface area (Å²) in [4.78, 5) is 8.09. The lowest BCUT2D eigenvalue weighted by Crippen LogP contribution is -1.97. The van der Waals surface area contributed by atoms with E-state index < -0.39 is 0 Å². The normalized spacial score (nSPS) is 11.0. The van der Waals surface area contributed by atoms with E-state index in [1.807, 2.05) is 31.2 Å². The van der Waals surface area contributed by atoms with E-state index in [0.717, 1.165) is 28.0 Å². The molecule has 3 rings (SSSR count). The predicted octanol–water partition coefficient (Wildman–Crippen LogP) is 4.47. The minimum Gasteiger partial charge on any atom is -0.492 e. The summed E-state index contributed by atoms with van der Waals surface area (Å²) >= 11 is 11.7. The van der Waals surface area contributed by atoms with E-state index in [4.69, 9.17) is 32.4 Å². The van der Waals surface area contributed by atoms with Crippen LogP contribution in [0.15, 0.2) is 35.0 Å². The number of nitrogens with zero attached hydrogens (tertiary/aromatic N) is 2. The Morgan fingerprint density at radius 1 is 1.19 bits per heavy atom. The Balaban J connectivity index is 2.00. The molecule has 0 N–H and O–H groups in total. The number of alkyl halides is 1. The van der Waals surface area contributed by atoms with Crippen molar-refractivity contribution in [3.63, 3.8) is 0 Å². The molecule has 4 nitrogen and oxygen atoms in total. The third-order valence-electron chi connectivity index (χ3n) is 3.14. The topological polar surface area (TPSA) is 48.2 Å². The molecule has 0 radical (unpaired) electrons. The first-order valence-electron chi connectivity index (χ1n) is 6.39. The minimum atomic E-state index is 0.398. The van der Waals surface area contributed by atoms with Crippen LogP contribution in [0.1, 0.15) is 5.56 Å². The van der Waals surface area contributed by atoms with E-state index in [2.05, 4.69) is 9.97 Å². The van der Waals surface area contributed by atoms with Gasteiger partial charge in [0.25, 0.3) is 0 Å². The number of benzene rings is 1. The second-order valence-electron chi connectivity index (χ2n) is 4.46. The van der Waals surface area contributed by atoms with E-state index in [-0.39, 0.29) is 0 Å². The van der Waals surface area contributed by atoms with Crippen molar-refractivity contribution in [2.75, 3.05) is 12.5 Å². The van der Waals surface area contributed by atoms with Crippen molar-refractivity contribution in [1.29, 1.82) is 0 Å². The van der Waals surface area contributed by atoms with Gasteiger partial charge >= 0.3 is 0 Å². The van der Waals surface area contributed by atoms with E-state index >= 15 is 0 Å². The van der Waals surface area contributed by atoms with Crippen LogP contribution in [0.5, 0.6) is 5.75 Å². The quantitative estimate of drug-likeness (QED) is 0.525. The summed E-state index contributed by atoms with van der Waals surface area (Å²) in [5.41, 5.74) is 2.34. The van der Waals surface area contributed by atoms with Crippen LogP contribution in [0, 0.1) is 6.92 Å². The van der Waals surface area contributed by atoms with Gasteiger partial charge in [0.05, 0.1) is 11.3 Å². The van der Waals surface area contributed by atoms with Crippen LogP contribution in [0.3, 0.4) is 0 Å². The van der Waals surface area contributed by atoms with E-state index in [0.29, 0.717) is 23.4 Å². The second-order valence-corrected chi connectivity index (χ2v) is 5.20. The Labute approximate surface area is 131 Å². The molecule has 0 aliphatic heterocycles. The summed E-state index contributed by atoms with van der Waals surface area (Å²) in [6, 6.07) is 7.61.